The quantitative estimate of drug-likeness (QED) is 0.769. The van der Waals surface area contributed by atoms with Gasteiger partial charge in [-0.25, -0.2) is 0 Å². The topological polar surface area (TPSA) is 62.1 Å². The number of nitrogens with one attached hydrogen (secondary N) is 1. The second-order valence-corrected chi connectivity index (χ2v) is 4.20. The molecule has 4 heteroatoms. The molecule has 1 amide bonds. The van der Waals surface area contributed by atoms with Gasteiger partial charge in [-0.05, 0) is 19.3 Å². The van der Waals surface area contributed by atoms with Crippen molar-refractivity contribution in [2.75, 3.05) is 13.2 Å². The number of ether oxygens (including phenoxy) is 1. The fourth-order valence-corrected chi connectivity index (χ4v) is 2.07. The molecule has 0 bridgehead atoms. The van der Waals surface area contributed by atoms with Gasteiger partial charge in [0.05, 0.1) is 12.2 Å². The third kappa shape index (κ3) is 3.21. The van der Waals surface area contributed by atoms with E-state index in [4.69, 9.17) is 10.00 Å². The summed E-state index contributed by atoms with van der Waals surface area (Å²) >= 11 is 0. The van der Waals surface area contributed by atoms with Gasteiger partial charge >= 0.3 is 0 Å². The largest absolute Gasteiger partial charge is 0.378 e. The van der Waals surface area contributed by atoms with E-state index in [2.05, 4.69) is 12.2 Å². The predicted molar refractivity (Wildman–Crippen MR) is 60.5 cm³/mol. The first-order valence-electron chi connectivity index (χ1n) is 6.01. The molecule has 0 radical (unpaired) electrons. The summed E-state index contributed by atoms with van der Waals surface area (Å²) in [5.41, 5.74) is 0. The van der Waals surface area contributed by atoms with Gasteiger partial charge in [-0.2, -0.15) is 5.26 Å². The van der Waals surface area contributed by atoms with Crippen LogP contribution in [0.5, 0.6) is 0 Å². The van der Waals surface area contributed by atoms with Crippen molar-refractivity contribution in [3.8, 4) is 6.07 Å². The van der Waals surface area contributed by atoms with Gasteiger partial charge in [0, 0.05) is 19.1 Å². The molecule has 0 aromatic heterocycles. The normalized spacial score (nSPS) is 26.1. The van der Waals surface area contributed by atoms with Crippen molar-refractivity contribution in [2.24, 2.45) is 11.8 Å². The van der Waals surface area contributed by atoms with E-state index in [1.165, 1.54) is 0 Å². The standard InChI is InChI=1S/C12H20N2O2/c1-3-9(7-13)12(15)14-8-10-5-6-16-11(10)4-2/h9-11H,3-6,8H2,1-2H3,(H,14,15). The van der Waals surface area contributed by atoms with E-state index in [1.807, 2.05) is 13.0 Å². The van der Waals surface area contributed by atoms with Gasteiger partial charge in [0.2, 0.25) is 5.91 Å². The zero-order valence-corrected chi connectivity index (χ0v) is 10.0. The van der Waals surface area contributed by atoms with Gasteiger partial charge < -0.3 is 10.1 Å². The van der Waals surface area contributed by atoms with Crippen molar-refractivity contribution in [1.29, 1.82) is 5.26 Å². The van der Waals surface area contributed by atoms with Crippen LogP contribution in [0.4, 0.5) is 0 Å². The lowest BCUT2D eigenvalue weighted by atomic mass is 9.99. The first kappa shape index (κ1) is 13.0. The Hall–Kier alpha value is -1.08. The molecule has 1 aliphatic heterocycles. The highest BCUT2D eigenvalue weighted by molar-refractivity contribution is 5.80. The van der Waals surface area contributed by atoms with Gasteiger partial charge in [0.25, 0.3) is 0 Å². The van der Waals surface area contributed by atoms with Crippen LogP contribution in [0.2, 0.25) is 0 Å². The summed E-state index contributed by atoms with van der Waals surface area (Å²) in [5.74, 6) is -0.251. The Morgan fingerprint density at radius 3 is 2.94 bits per heavy atom. The fraction of sp³-hybridized carbons (Fsp3) is 0.833. The average molecular weight is 224 g/mol. The minimum atomic E-state index is -0.512. The minimum absolute atomic E-state index is 0.147. The molecule has 0 aromatic rings. The van der Waals surface area contributed by atoms with Crippen LogP contribution in [0.1, 0.15) is 33.1 Å². The van der Waals surface area contributed by atoms with E-state index in [0.717, 1.165) is 19.4 Å². The van der Waals surface area contributed by atoms with Crippen LogP contribution in [0, 0.1) is 23.2 Å². The molecule has 1 fully saturated rings. The van der Waals surface area contributed by atoms with Crippen LogP contribution in [-0.2, 0) is 9.53 Å². The Labute approximate surface area is 97.0 Å². The smallest absolute Gasteiger partial charge is 0.237 e. The van der Waals surface area contributed by atoms with Gasteiger partial charge in [0.15, 0.2) is 0 Å². The van der Waals surface area contributed by atoms with Crippen LogP contribution >= 0.6 is 0 Å². The van der Waals surface area contributed by atoms with Crippen molar-refractivity contribution in [3.05, 3.63) is 0 Å². The number of amides is 1. The molecule has 0 aliphatic carbocycles. The summed E-state index contributed by atoms with van der Waals surface area (Å²) in [6.45, 7) is 5.36. The van der Waals surface area contributed by atoms with Crippen molar-refractivity contribution in [3.63, 3.8) is 0 Å². The molecule has 16 heavy (non-hydrogen) atoms. The Balaban J connectivity index is 2.34. The van der Waals surface area contributed by atoms with Crippen LogP contribution in [0.3, 0.4) is 0 Å². The lowest BCUT2D eigenvalue weighted by molar-refractivity contribution is -0.123. The zero-order chi connectivity index (χ0) is 12.0. The maximum atomic E-state index is 11.6. The lowest BCUT2D eigenvalue weighted by Gasteiger charge is -2.17. The highest BCUT2D eigenvalue weighted by atomic mass is 16.5. The molecular weight excluding hydrogens is 204 g/mol. The number of carbonyl (C=O) groups excluding carboxylic acids is 1. The highest BCUT2D eigenvalue weighted by Gasteiger charge is 2.27. The SMILES string of the molecule is CCC(C#N)C(=O)NCC1CCOC1CC. The van der Waals surface area contributed by atoms with Gasteiger partial charge in [-0.3, -0.25) is 4.79 Å². The first-order chi connectivity index (χ1) is 7.72. The average Bonchev–Trinajstić information content (AvgIpc) is 2.75. The van der Waals surface area contributed by atoms with E-state index in [0.29, 0.717) is 18.9 Å². The van der Waals surface area contributed by atoms with Crippen LogP contribution in [0.25, 0.3) is 0 Å². The zero-order valence-electron chi connectivity index (χ0n) is 10.0. The molecule has 1 N–H and O–H groups in total. The van der Waals surface area contributed by atoms with Crippen molar-refractivity contribution < 1.29 is 9.53 Å². The van der Waals surface area contributed by atoms with Crippen molar-refractivity contribution >= 4 is 5.91 Å². The first-order valence-corrected chi connectivity index (χ1v) is 6.01. The van der Waals surface area contributed by atoms with E-state index >= 15 is 0 Å². The van der Waals surface area contributed by atoms with E-state index < -0.39 is 5.92 Å². The van der Waals surface area contributed by atoms with Gasteiger partial charge in [0.1, 0.15) is 5.92 Å². The number of hydrogen-bond acceptors (Lipinski definition) is 3. The van der Waals surface area contributed by atoms with Crippen LogP contribution in [0.15, 0.2) is 0 Å². The molecule has 1 rings (SSSR count). The maximum Gasteiger partial charge on any atom is 0.237 e. The molecular formula is C12H20N2O2. The summed E-state index contributed by atoms with van der Waals surface area (Å²) in [7, 11) is 0. The Kier molecular flexibility index (Phi) is 5.27. The number of carbonyl (C=O) groups is 1. The van der Waals surface area contributed by atoms with Crippen LogP contribution < -0.4 is 5.32 Å². The maximum absolute atomic E-state index is 11.6. The van der Waals surface area contributed by atoms with Crippen molar-refractivity contribution in [2.45, 2.75) is 39.2 Å². The van der Waals surface area contributed by atoms with Crippen LogP contribution in [-0.4, -0.2) is 25.2 Å². The second-order valence-electron chi connectivity index (χ2n) is 4.20. The monoisotopic (exact) mass is 224 g/mol. The van der Waals surface area contributed by atoms with Gasteiger partial charge in [-0.1, -0.05) is 13.8 Å². The third-order valence-corrected chi connectivity index (χ3v) is 3.17. The van der Waals surface area contributed by atoms with E-state index in [1.54, 1.807) is 0 Å². The Morgan fingerprint density at radius 2 is 2.38 bits per heavy atom. The number of rotatable bonds is 5. The third-order valence-electron chi connectivity index (χ3n) is 3.17. The summed E-state index contributed by atoms with van der Waals surface area (Å²) in [4.78, 5) is 11.6. The number of nitrogens with zero attached hydrogens (tertiary/aromatic N) is 1. The molecule has 0 aromatic carbocycles. The number of hydrogen-bond donors (Lipinski definition) is 1. The van der Waals surface area contributed by atoms with Crippen molar-refractivity contribution in [1.82, 2.24) is 5.32 Å². The predicted octanol–water partition coefficient (Wildman–Crippen LogP) is 1.47. The van der Waals surface area contributed by atoms with E-state index in [9.17, 15) is 4.79 Å². The summed E-state index contributed by atoms with van der Waals surface area (Å²) < 4.78 is 5.54. The number of nitriles is 1. The second kappa shape index (κ2) is 6.49. The minimum Gasteiger partial charge on any atom is -0.378 e. The Bertz CT molecular complexity index is 273. The summed E-state index contributed by atoms with van der Waals surface area (Å²) in [5, 5.41) is 11.6. The molecule has 1 saturated heterocycles. The molecule has 3 unspecified atom stereocenters. The molecule has 90 valence electrons. The molecule has 0 saturated carbocycles. The molecule has 1 aliphatic rings. The molecule has 0 spiro atoms. The van der Waals surface area contributed by atoms with Gasteiger partial charge in [-0.15, -0.1) is 0 Å². The summed E-state index contributed by atoms with van der Waals surface area (Å²) in [6.07, 6.45) is 2.82. The Morgan fingerprint density at radius 1 is 1.62 bits per heavy atom. The van der Waals surface area contributed by atoms with E-state index in [-0.39, 0.29) is 12.0 Å². The lowest BCUT2D eigenvalue weighted by Crippen LogP contribution is -2.36. The molecule has 1 heterocycles. The summed E-state index contributed by atoms with van der Waals surface area (Å²) in [6, 6.07) is 2.01. The fourth-order valence-electron chi connectivity index (χ4n) is 2.07. The highest BCUT2D eigenvalue weighted by Crippen LogP contribution is 2.22. The molecule has 3 atom stereocenters. The molecule has 4 nitrogen and oxygen atoms in total.